The van der Waals surface area contributed by atoms with Crippen molar-refractivity contribution in [2.75, 3.05) is 20.3 Å². The molecule has 234 valence electrons. The maximum Gasteiger partial charge on any atom is 0.305 e. The molecule has 0 aromatic heterocycles. The zero-order valence-corrected chi connectivity index (χ0v) is 26.2. The van der Waals surface area contributed by atoms with Gasteiger partial charge in [0.2, 0.25) is 0 Å². The Hall–Kier alpha value is -1.54. The number of allylic oxidation sites excluding steroid dienone is 4. The zero-order valence-electron chi connectivity index (χ0n) is 26.2. The van der Waals surface area contributed by atoms with E-state index in [0.29, 0.717) is 25.9 Å². The number of carbonyl (C=O) groups excluding carboxylic acids is 1. The second-order valence-corrected chi connectivity index (χ2v) is 12.9. The van der Waals surface area contributed by atoms with E-state index >= 15 is 4.39 Å². The van der Waals surface area contributed by atoms with Gasteiger partial charge in [0, 0.05) is 37.9 Å². The van der Waals surface area contributed by atoms with Gasteiger partial charge in [-0.15, -0.1) is 0 Å². The summed E-state index contributed by atoms with van der Waals surface area (Å²) in [5.74, 6) is -0.479. The number of ether oxygens (including phenoxy) is 5. The molecule has 2 heterocycles. The Labute approximate surface area is 248 Å². The fourth-order valence-electron chi connectivity index (χ4n) is 5.92. The maximum atomic E-state index is 15.6. The van der Waals surface area contributed by atoms with Gasteiger partial charge in [-0.25, -0.2) is 4.39 Å². The van der Waals surface area contributed by atoms with Gasteiger partial charge in [0.25, 0.3) is 0 Å². The highest BCUT2D eigenvalue weighted by Crippen LogP contribution is 2.42. The number of unbranched alkanes of at least 4 members (excludes halogenated alkanes) is 1. The van der Waals surface area contributed by atoms with Crippen molar-refractivity contribution in [1.82, 2.24) is 0 Å². The van der Waals surface area contributed by atoms with Gasteiger partial charge in [-0.2, -0.15) is 0 Å². The molecule has 2 saturated heterocycles. The molecule has 7 heteroatoms. The molecule has 2 aliphatic heterocycles. The molecule has 0 amide bonds. The number of alkyl halides is 1. The summed E-state index contributed by atoms with van der Waals surface area (Å²) in [6.07, 6.45) is 18.7. The average molecular weight is 579 g/mol. The van der Waals surface area contributed by atoms with Gasteiger partial charge < -0.3 is 23.7 Å². The third-order valence-corrected chi connectivity index (χ3v) is 8.62. The standard InChI is InChI=1S/C34H55FO6/c1-25(2)20-21-34(3,4)30(41-33-17-11-13-23-39-33)19-18-27-26(14-8-6-7-9-15-31(36)37-5)28(35)24-29(27)40-32-16-10-12-22-38-32/h6,8,18-20,26-30,32-33H,7,9-17,21-24H2,1-5H3/b8-6-,19-18+/t26-,27-,28-,29-,30-,32?,33?/m1/s1. The van der Waals surface area contributed by atoms with Gasteiger partial charge in [0.15, 0.2) is 12.6 Å². The third kappa shape index (κ3) is 11.6. The van der Waals surface area contributed by atoms with Gasteiger partial charge in [0.05, 0.1) is 19.3 Å². The summed E-state index contributed by atoms with van der Waals surface area (Å²) in [5, 5.41) is 0. The lowest BCUT2D eigenvalue weighted by Gasteiger charge is -2.36. The maximum absolute atomic E-state index is 15.6. The highest BCUT2D eigenvalue weighted by atomic mass is 19.1. The molecular weight excluding hydrogens is 523 g/mol. The van der Waals surface area contributed by atoms with E-state index in [4.69, 9.17) is 23.7 Å². The first-order valence-corrected chi connectivity index (χ1v) is 15.9. The summed E-state index contributed by atoms with van der Waals surface area (Å²) in [6.45, 7) is 10.1. The summed E-state index contributed by atoms with van der Waals surface area (Å²) in [7, 11) is 1.41. The molecule has 3 aliphatic rings. The van der Waals surface area contributed by atoms with Crippen molar-refractivity contribution in [1.29, 1.82) is 0 Å². The predicted octanol–water partition coefficient (Wildman–Crippen LogP) is 8.01. The van der Waals surface area contributed by atoms with Crippen molar-refractivity contribution in [2.24, 2.45) is 17.3 Å². The van der Waals surface area contributed by atoms with E-state index in [1.165, 1.54) is 12.7 Å². The highest BCUT2D eigenvalue weighted by molar-refractivity contribution is 5.69. The van der Waals surface area contributed by atoms with Crippen molar-refractivity contribution in [3.8, 4) is 0 Å². The largest absolute Gasteiger partial charge is 0.469 e. The molecule has 6 nitrogen and oxygen atoms in total. The molecule has 7 atom stereocenters. The normalized spacial score (nSPS) is 30.1. The van der Waals surface area contributed by atoms with Crippen molar-refractivity contribution in [2.45, 2.75) is 136 Å². The first-order valence-electron chi connectivity index (χ1n) is 15.9. The first kappa shape index (κ1) is 34.0. The van der Waals surface area contributed by atoms with Crippen LogP contribution in [0, 0.1) is 17.3 Å². The topological polar surface area (TPSA) is 63.2 Å². The summed E-state index contributed by atoms with van der Waals surface area (Å²) in [6, 6.07) is 0. The van der Waals surface area contributed by atoms with Crippen LogP contribution in [0.4, 0.5) is 4.39 Å². The molecule has 2 unspecified atom stereocenters. The van der Waals surface area contributed by atoms with Gasteiger partial charge in [-0.3, -0.25) is 4.79 Å². The zero-order chi connectivity index (χ0) is 29.7. The van der Waals surface area contributed by atoms with Gasteiger partial charge >= 0.3 is 5.97 Å². The number of rotatable bonds is 15. The smallest absolute Gasteiger partial charge is 0.305 e. The van der Waals surface area contributed by atoms with Crippen LogP contribution in [0.15, 0.2) is 36.0 Å². The van der Waals surface area contributed by atoms with Crippen molar-refractivity contribution in [3.05, 3.63) is 36.0 Å². The molecule has 3 rings (SSSR count). The molecule has 1 saturated carbocycles. The van der Waals surface area contributed by atoms with Gasteiger partial charge in [0.1, 0.15) is 6.17 Å². The summed E-state index contributed by atoms with van der Waals surface area (Å²) in [5.41, 5.74) is 1.12. The van der Waals surface area contributed by atoms with Gasteiger partial charge in [-0.1, -0.05) is 49.8 Å². The summed E-state index contributed by atoms with van der Waals surface area (Å²) in [4.78, 5) is 11.4. The van der Waals surface area contributed by atoms with Crippen molar-refractivity contribution >= 4 is 5.97 Å². The minimum absolute atomic E-state index is 0.0899. The lowest BCUT2D eigenvalue weighted by Crippen LogP contribution is -2.36. The van der Waals surface area contributed by atoms with E-state index in [9.17, 15) is 4.79 Å². The van der Waals surface area contributed by atoms with Crippen LogP contribution in [0.25, 0.3) is 0 Å². The molecule has 3 fully saturated rings. The number of methoxy groups -OCH3 is 1. The Morgan fingerprint density at radius 3 is 2.39 bits per heavy atom. The minimum Gasteiger partial charge on any atom is -0.469 e. The predicted molar refractivity (Wildman–Crippen MR) is 160 cm³/mol. The summed E-state index contributed by atoms with van der Waals surface area (Å²) >= 11 is 0. The molecule has 0 N–H and O–H groups in total. The molecule has 0 bridgehead atoms. The minimum atomic E-state index is -0.960. The SMILES string of the molecule is COC(=O)CCC/C=C\C[C@@H]1[C@@H](/C=C/[C@@H](OC2CCCCO2)C(C)(C)CC=C(C)C)[C@H](OC2CCCCO2)C[C@H]1F. The Balaban J connectivity index is 1.77. The molecule has 41 heavy (non-hydrogen) atoms. The van der Waals surface area contributed by atoms with Crippen LogP contribution in [-0.4, -0.2) is 57.3 Å². The van der Waals surface area contributed by atoms with Gasteiger partial charge in [-0.05, 0) is 83.5 Å². The third-order valence-electron chi connectivity index (χ3n) is 8.62. The second-order valence-electron chi connectivity index (χ2n) is 12.9. The Morgan fingerprint density at radius 2 is 1.76 bits per heavy atom. The quantitative estimate of drug-likeness (QED) is 0.111. The Kier molecular flexibility index (Phi) is 14.5. The molecule has 0 aromatic carbocycles. The van der Waals surface area contributed by atoms with E-state index in [1.807, 2.05) is 0 Å². The van der Waals surface area contributed by atoms with Crippen LogP contribution in [-0.2, 0) is 28.5 Å². The number of halogens is 1. The van der Waals surface area contributed by atoms with E-state index in [2.05, 4.69) is 58.1 Å². The number of hydrogen-bond acceptors (Lipinski definition) is 6. The number of hydrogen-bond donors (Lipinski definition) is 0. The van der Waals surface area contributed by atoms with Crippen LogP contribution in [0.3, 0.4) is 0 Å². The monoisotopic (exact) mass is 578 g/mol. The molecule has 0 radical (unpaired) electrons. The van der Waals surface area contributed by atoms with E-state index < -0.39 is 6.17 Å². The fraction of sp³-hybridized carbons (Fsp3) is 0.794. The number of carbonyl (C=O) groups is 1. The van der Waals surface area contributed by atoms with Crippen LogP contribution in [0.2, 0.25) is 0 Å². The Morgan fingerprint density at radius 1 is 1.05 bits per heavy atom. The first-order chi connectivity index (χ1) is 19.7. The second kappa shape index (κ2) is 17.5. The van der Waals surface area contributed by atoms with Crippen LogP contribution >= 0.6 is 0 Å². The van der Waals surface area contributed by atoms with Crippen LogP contribution in [0.1, 0.15) is 105 Å². The lowest BCUT2D eigenvalue weighted by atomic mass is 9.81. The lowest BCUT2D eigenvalue weighted by molar-refractivity contribution is -0.197. The Bertz CT molecular complexity index is 851. The van der Waals surface area contributed by atoms with E-state index in [1.54, 1.807) is 0 Å². The van der Waals surface area contributed by atoms with E-state index in [-0.39, 0.29) is 48.0 Å². The van der Waals surface area contributed by atoms with Crippen LogP contribution in [0.5, 0.6) is 0 Å². The molecule has 1 aliphatic carbocycles. The average Bonchev–Trinajstić information content (AvgIpc) is 3.25. The number of esters is 1. The van der Waals surface area contributed by atoms with Crippen LogP contribution < -0.4 is 0 Å². The summed E-state index contributed by atoms with van der Waals surface area (Å²) < 4.78 is 45.2. The fourth-order valence-corrected chi connectivity index (χ4v) is 5.92. The molecule has 0 spiro atoms. The van der Waals surface area contributed by atoms with E-state index in [0.717, 1.165) is 64.4 Å². The molecule has 0 aromatic rings. The van der Waals surface area contributed by atoms with Crippen molar-refractivity contribution in [3.63, 3.8) is 0 Å². The molecular formula is C34H55FO6. The van der Waals surface area contributed by atoms with Crippen molar-refractivity contribution < 1.29 is 32.9 Å². The highest BCUT2D eigenvalue weighted by Gasteiger charge is 2.44.